The van der Waals surface area contributed by atoms with Crippen molar-refractivity contribution in [1.29, 1.82) is 0 Å². The molecule has 2 aliphatic rings. The summed E-state index contributed by atoms with van der Waals surface area (Å²) < 4.78 is 47.2. The van der Waals surface area contributed by atoms with Crippen molar-refractivity contribution in [3.05, 3.63) is 102 Å². The summed E-state index contributed by atoms with van der Waals surface area (Å²) >= 11 is 0. The molecule has 0 saturated carbocycles. The fourth-order valence-electron chi connectivity index (χ4n) is 4.79. The van der Waals surface area contributed by atoms with Crippen LogP contribution in [0.3, 0.4) is 0 Å². The van der Waals surface area contributed by atoms with Gasteiger partial charge < -0.3 is 23.4 Å². The van der Waals surface area contributed by atoms with Gasteiger partial charge in [0.05, 0.1) is 24.0 Å². The Hall–Kier alpha value is -2.17. The number of ether oxygens (including phenoxy) is 4. The Morgan fingerprint density at radius 3 is 2.08 bits per heavy atom. The lowest BCUT2D eigenvalue weighted by molar-refractivity contribution is -0.324. The van der Waals surface area contributed by atoms with Gasteiger partial charge in [0.25, 0.3) is 0 Å². The number of fused-ring (bicyclic) bond motifs is 1. The van der Waals surface area contributed by atoms with E-state index in [1.807, 2.05) is 91.0 Å². The van der Waals surface area contributed by atoms with Gasteiger partial charge in [0, 0.05) is 10.5 Å². The minimum absolute atomic E-state index is 0.0737. The smallest absolute Gasteiger partial charge is 0.192 e. The average Bonchev–Trinajstić information content (AvgIpc) is 2.96. The molecule has 0 amide bonds. The van der Waals surface area contributed by atoms with Crippen molar-refractivity contribution < 1.29 is 27.6 Å². The van der Waals surface area contributed by atoms with E-state index < -0.39 is 55.3 Å². The van der Waals surface area contributed by atoms with Crippen LogP contribution in [0.15, 0.2) is 95.9 Å². The van der Waals surface area contributed by atoms with Crippen molar-refractivity contribution >= 4 is 19.1 Å². The van der Waals surface area contributed by atoms with Crippen LogP contribution in [0.4, 0.5) is 0 Å². The summed E-state index contributed by atoms with van der Waals surface area (Å²) in [6.07, 6.45) is -2.63. The van der Waals surface area contributed by atoms with Crippen molar-refractivity contribution in [3.63, 3.8) is 0 Å². The third kappa shape index (κ3) is 6.49. The van der Waals surface area contributed by atoms with Crippen LogP contribution in [0.25, 0.3) is 0 Å². The Labute approximate surface area is 241 Å². The number of rotatable bonds is 8. The van der Waals surface area contributed by atoms with Gasteiger partial charge in [-0.25, -0.2) is 0 Å². The Kier molecular flexibility index (Phi) is 9.07. The number of hydrogen-bond donors (Lipinski definition) is 0. The molecule has 2 saturated heterocycles. The molecular weight excluding hydrogens is 540 g/mol. The van der Waals surface area contributed by atoms with E-state index in [4.69, 9.17) is 23.4 Å². The minimum atomic E-state index is -2.35. The second-order valence-corrected chi connectivity index (χ2v) is 18.2. The van der Waals surface area contributed by atoms with Crippen molar-refractivity contribution in [2.45, 2.75) is 86.5 Å². The lowest BCUT2D eigenvalue weighted by atomic mass is 9.98. The second kappa shape index (κ2) is 12.4. The third-order valence-corrected chi connectivity index (χ3v) is 14.1. The molecule has 2 fully saturated rings. The first-order valence-corrected chi connectivity index (χ1v) is 18.0. The molecule has 3 aromatic carbocycles. The quantitative estimate of drug-likeness (QED) is 0.280. The summed E-state index contributed by atoms with van der Waals surface area (Å²) in [5.74, 6) is 0. The first-order chi connectivity index (χ1) is 19.1. The molecule has 214 valence electrons. The highest BCUT2D eigenvalue weighted by Crippen LogP contribution is 2.43. The molecule has 8 heteroatoms. The predicted molar refractivity (Wildman–Crippen MR) is 159 cm³/mol. The average molecular weight is 581 g/mol. The third-order valence-electron chi connectivity index (χ3n) is 8.06. The van der Waals surface area contributed by atoms with Crippen LogP contribution in [-0.2, 0) is 40.8 Å². The fourth-order valence-corrected chi connectivity index (χ4v) is 7.57. The molecule has 0 aliphatic carbocycles. The molecule has 2 unspecified atom stereocenters. The van der Waals surface area contributed by atoms with Crippen LogP contribution >= 0.6 is 0 Å². The zero-order valence-corrected chi connectivity index (χ0v) is 25.7. The maximum absolute atomic E-state index is 14.1. The van der Waals surface area contributed by atoms with Crippen molar-refractivity contribution in [1.82, 2.24) is 0 Å². The second-order valence-electron chi connectivity index (χ2n) is 11.9. The summed E-state index contributed by atoms with van der Waals surface area (Å²) in [7, 11) is -3.86. The Bertz CT molecular complexity index is 1250. The zero-order chi connectivity index (χ0) is 28.3. The molecule has 0 aromatic heterocycles. The number of benzene rings is 3. The maximum Gasteiger partial charge on any atom is 0.192 e. The minimum Gasteiger partial charge on any atom is -0.407 e. The SMILES string of the molecule is CC(C)(C)[Si](C)(C)O[C@H]1[C@@H](OCc2ccccc2)[C@@H]2OC(c3ccccc3)OC[C@H]2O[C@@H]1S(=O)c1ccccc1. The first kappa shape index (κ1) is 29.3. The highest BCUT2D eigenvalue weighted by Gasteiger charge is 2.55. The molecule has 6 nitrogen and oxygen atoms in total. The number of hydrogen-bond acceptors (Lipinski definition) is 6. The van der Waals surface area contributed by atoms with Gasteiger partial charge in [0.2, 0.25) is 0 Å². The molecule has 0 spiro atoms. The van der Waals surface area contributed by atoms with E-state index in [-0.39, 0.29) is 5.04 Å². The first-order valence-electron chi connectivity index (χ1n) is 13.9. The molecule has 0 N–H and O–H groups in total. The largest absolute Gasteiger partial charge is 0.407 e. The molecule has 7 atom stereocenters. The van der Waals surface area contributed by atoms with E-state index in [1.54, 1.807) is 0 Å². The van der Waals surface area contributed by atoms with Crippen LogP contribution < -0.4 is 0 Å². The monoisotopic (exact) mass is 580 g/mol. The van der Waals surface area contributed by atoms with Gasteiger partial charge in [-0.15, -0.1) is 0 Å². The van der Waals surface area contributed by atoms with E-state index >= 15 is 0 Å². The zero-order valence-electron chi connectivity index (χ0n) is 23.9. The molecular formula is C32H40O6SSi. The molecule has 2 heterocycles. The van der Waals surface area contributed by atoms with Gasteiger partial charge >= 0.3 is 0 Å². The standard InChI is InChI=1S/C32H40O6SSi/c1-32(2,3)40(4,5)38-29-28(34-21-23-15-9-6-10-16-23)27-26(22-35-30(37-27)24-17-11-7-12-18-24)36-31(29)39(33)25-19-13-8-14-20-25/h6-20,26-31H,21-22H2,1-5H3/t26-,27-,28+,29+,30?,31-,39?/m1/s1. The molecule has 0 bridgehead atoms. The van der Waals surface area contributed by atoms with E-state index in [9.17, 15) is 4.21 Å². The molecule has 0 radical (unpaired) electrons. The Morgan fingerprint density at radius 2 is 1.45 bits per heavy atom. The lowest BCUT2D eigenvalue weighted by Gasteiger charge is -2.51. The molecule has 40 heavy (non-hydrogen) atoms. The van der Waals surface area contributed by atoms with Crippen LogP contribution in [0.2, 0.25) is 18.1 Å². The molecule has 5 rings (SSSR count). The normalized spacial score (nSPS) is 28.0. The topological polar surface area (TPSA) is 63.2 Å². The summed E-state index contributed by atoms with van der Waals surface area (Å²) in [6, 6.07) is 29.4. The van der Waals surface area contributed by atoms with Gasteiger partial charge in [0.15, 0.2) is 20.0 Å². The van der Waals surface area contributed by atoms with Gasteiger partial charge in [-0.2, -0.15) is 0 Å². The van der Waals surface area contributed by atoms with Gasteiger partial charge in [-0.05, 0) is 35.8 Å². The maximum atomic E-state index is 14.1. The highest BCUT2D eigenvalue weighted by atomic mass is 32.2. The van der Waals surface area contributed by atoms with Gasteiger partial charge in [-0.1, -0.05) is 99.6 Å². The summed E-state index contributed by atoms with van der Waals surface area (Å²) in [4.78, 5) is 0.691. The van der Waals surface area contributed by atoms with Crippen molar-refractivity contribution in [2.75, 3.05) is 6.61 Å². The van der Waals surface area contributed by atoms with Crippen LogP contribution in [0.1, 0.15) is 38.2 Å². The predicted octanol–water partition coefficient (Wildman–Crippen LogP) is 6.61. The lowest BCUT2D eigenvalue weighted by Crippen LogP contribution is -2.66. The van der Waals surface area contributed by atoms with Crippen molar-refractivity contribution in [3.8, 4) is 0 Å². The van der Waals surface area contributed by atoms with Gasteiger partial charge in [0.1, 0.15) is 24.4 Å². The van der Waals surface area contributed by atoms with E-state index in [0.717, 1.165) is 11.1 Å². The Balaban J connectivity index is 1.53. The molecule has 3 aromatic rings. The van der Waals surface area contributed by atoms with E-state index in [0.29, 0.717) is 18.1 Å². The van der Waals surface area contributed by atoms with E-state index in [2.05, 4.69) is 33.9 Å². The van der Waals surface area contributed by atoms with Crippen LogP contribution in [0, 0.1) is 0 Å². The van der Waals surface area contributed by atoms with Gasteiger partial charge in [-0.3, -0.25) is 4.21 Å². The van der Waals surface area contributed by atoms with E-state index in [1.165, 1.54) is 0 Å². The summed E-state index contributed by atoms with van der Waals surface area (Å²) in [6.45, 7) is 11.7. The summed E-state index contributed by atoms with van der Waals surface area (Å²) in [5.41, 5.74) is 1.22. The Morgan fingerprint density at radius 1 is 0.850 bits per heavy atom. The van der Waals surface area contributed by atoms with Crippen LogP contribution in [0.5, 0.6) is 0 Å². The fraction of sp³-hybridized carbons (Fsp3) is 0.438. The van der Waals surface area contributed by atoms with Crippen molar-refractivity contribution in [2.24, 2.45) is 0 Å². The molecule has 2 aliphatic heterocycles. The highest BCUT2D eigenvalue weighted by molar-refractivity contribution is 7.85. The summed E-state index contributed by atoms with van der Waals surface area (Å²) in [5, 5.41) is -0.0737. The van der Waals surface area contributed by atoms with Crippen LogP contribution in [-0.4, -0.2) is 49.0 Å².